The van der Waals surface area contributed by atoms with Crippen molar-refractivity contribution < 1.29 is 0 Å². The quantitative estimate of drug-likeness (QED) is 0.453. The monoisotopic (exact) mass is 345 g/mol. The Balaban J connectivity index is 3.38. The van der Waals surface area contributed by atoms with E-state index in [4.69, 9.17) is 0 Å². The smallest absolute Gasteiger partial charge is 0.0107 e. The molecule has 1 aliphatic carbocycles. The Labute approximate surface area is 158 Å². The summed E-state index contributed by atoms with van der Waals surface area (Å²) in [4.78, 5) is 0. The maximum absolute atomic E-state index is 3.47. The average Bonchev–Trinajstić information content (AvgIpc) is 3.24. The van der Waals surface area contributed by atoms with Crippen LogP contribution in [0.2, 0.25) is 0 Å². The molecule has 1 saturated carbocycles. The molecule has 4 unspecified atom stereocenters. The third-order valence-corrected chi connectivity index (χ3v) is 6.12. The summed E-state index contributed by atoms with van der Waals surface area (Å²) in [5.74, 6) is 2.67. The van der Waals surface area contributed by atoms with Crippen molar-refractivity contribution in [3.05, 3.63) is 34.4 Å². The van der Waals surface area contributed by atoms with Crippen molar-refractivity contribution in [1.29, 1.82) is 0 Å². The highest BCUT2D eigenvalue weighted by atomic mass is 14.9. The van der Waals surface area contributed by atoms with Crippen LogP contribution in [0.4, 0.5) is 0 Å². The number of unbranched alkanes of at least 4 members (excludes halogenated alkanes) is 1. The van der Waals surface area contributed by atoms with E-state index >= 15 is 0 Å². The molecule has 25 heavy (non-hydrogen) atoms. The number of rotatable bonds is 10. The maximum Gasteiger partial charge on any atom is 0.0107 e. The van der Waals surface area contributed by atoms with Gasteiger partial charge in [0.2, 0.25) is 0 Å². The molecule has 0 aliphatic heterocycles. The first-order valence-corrected chi connectivity index (χ1v) is 10.6. The van der Waals surface area contributed by atoms with Crippen molar-refractivity contribution in [2.45, 2.75) is 87.1 Å². The molecule has 0 saturated heterocycles. The highest BCUT2D eigenvalue weighted by Gasteiger charge is 2.45. The predicted molar refractivity (Wildman–Crippen MR) is 114 cm³/mol. The molecule has 4 atom stereocenters. The molecule has 0 spiro atoms. The van der Waals surface area contributed by atoms with E-state index in [2.05, 4.69) is 79.9 Å². The van der Waals surface area contributed by atoms with Gasteiger partial charge in [0, 0.05) is 12.0 Å². The van der Waals surface area contributed by atoms with Gasteiger partial charge < -0.3 is 5.32 Å². The fraction of sp³-hybridized carbons (Fsp3) is 0.750. The summed E-state index contributed by atoms with van der Waals surface area (Å²) in [5, 5.41) is 3.47. The van der Waals surface area contributed by atoms with Gasteiger partial charge in [-0.05, 0) is 69.1 Å². The normalized spacial score (nSPS) is 26.0. The Hall–Kier alpha value is -0.820. The second kappa shape index (κ2) is 10.4. The van der Waals surface area contributed by atoms with E-state index in [1.165, 1.54) is 25.7 Å². The summed E-state index contributed by atoms with van der Waals surface area (Å²) in [5.41, 5.74) is 6.47. The van der Waals surface area contributed by atoms with Crippen LogP contribution in [0.15, 0.2) is 34.4 Å². The molecule has 0 bridgehead atoms. The van der Waals surface area contributed by atoms with Gasteiger partial charge in [-0.1, -0.05) is 71.3 Å². The maximum atomic E-state index is 3.47. The highest BCUT2D eigenvalue weighted by Crippen LogP contribution is 2.51. The fourth-order valence-corrected chi connectivity index (χ4v) is 4.04. The van der Waals surface area contributed by atoms with Crippen LogP contribution in [-0.4, -0.2) is 13.1 Å². The fourth-order valence-electron chi connectivity index (χ4n) is 4.04. The van der Waals surface area contributed by atoms with Gasteiger partial charge >= 0.3 is 0 Å². The largest absolute Gasteiger partial charge is 0.317 e. The molecule has 1 nitrogen and oxygen atoms in total. The van der Waals surface area contributed by atoms with Crippen LogP contribution in [0, 0.1) is 23.7 Å². The minimum atomic E-state index is 0.558. The SMILES string of the molecule is CCCC/C(=C(/C)C(/C=C\C(C)C)=C1C(C)C1C(C)NC)C(C)CC. The summed E-state index contributed by atoms with van der Waals surface area (Å²) < 4.78 is 0. The van der Waals surface area contributed by atoms with Crippen LogP contribution in [0.25, 0.3) is 0 Å². The van der Waals surface area contributed by atoms with Crippen molar-refractivity contribution in [3.63, 3.8) is 0 Å². The van der Waals surface area contributed by atoms with Crippen molar-refractivity contribution in [2.75, 3.05) is 7.05 Å². The van der Waals surface area contributed by atoms with Gasteiger partial charge in [0.15, 0.2) is 0 Å². The van der Waals surface area contributed by atoms with Gasteiger partial charge in [-0.2, -0.15) is 0 Å². The number of allylic oxidation sites excluding steroid dienone is 5. The zero-order valence-corrected chi connectivity index (χ0v) is 18.4. The number of hydrogen-bond donors (Lipinski definition) is 1. The van der Waals surface area contributed by atoms with Crippen LogP contribution in [-0.2, 0) is 0 Å². The van der Waals surface area contributed by atoms with Crippen molar-refractivity contribution in [1.82, 2.24) is 5.32 Å². The highest BCUT2D eigenvalue weighted by molar-refractivity contribution is 5.52. The van der Waals surface area contributed by atoms with Crippen LogP contribution < -0.4 is 5.32 Å². The molecule has 0 aromatic rings. The minimum absolute atomic E-state index is 0.558. The van der Waals surface area contributed by atoms with Crippen molar-refractivity contribution in [3.8, 4) is 0 Å². The summed E-state index contributed by atoms with van der Waals surface area (Å²) in [7, 11) is 2.09. The average molecular weight is 346 g/mol. The Kier molecular flexibility index (Phi) is 9.21. The minimum Gasteiger partial charge on any atom is -0.317 e. The van der Waals surface area contributed by atoms with Gasteiger partial charge in [0.1, 0.15) is 0 Å². The summed E-state index contributed by atoms with van der Waals surface area (Å²) in [6.45, 7) is 18.7. The lowest BCUT2D eigenvalue weighted by molar-refractivity contribution is 0.526. The lowest BCUT2D eigenvalue weighted by Gasteiger charge is -2.20. The molecule has 1 fully saturated rings. The second-order valence-corrected chi connectivity index (χ2v) is 8.43. The van der Waals surface area contributed by atoms with Gasteiger partial charge in [-0.25, -0.2) is 0 Å². The van der Waals surface area contributed by atoms with Crippen molar-refractivity contribution >= 4 is 0 Å². The number of nitrogens with one attached hydrogen (secondary N) is 1. The van der Waals surface area contributed by atoms with E-state index in [1.807, 2.05) is 0 Å². The molecule has 0 aromatic carbocycles. The van der Waals surface area contributed by atoms with E-state index in [0.717, 1.165) is 0 Å². The molecule has 0 radical (unpaired) electrons. The summed E-state index contributed by atoms with van der Waals surface area (Å²) in [6.07, 6.45) is 9.88. The Bertz CT molecular complexity index is 506. The molecule has 1 heteroatoms. The predicted octanol–water partition coefficient (Wildman–Crippen LogP) is 6.92. The lowest BCUT2D eigenvalue weighted by Crippen LogP contribution is -2.24. The Morgan fingerprint density at radius 2 is 1.80 bits per heavy atom. The molecule has 1 aliphatic rings. The standard InChI is InChI=1S/C24H43N/c1-10-12-13-21(17(5)11-2)18(6)22(15-14-16(3)4)24-19(7)23(24)20(8)25-9/h14-17,19-20,23,25H,10-13H2,1-9H3/b15-14-,21-18+,24-22?. The second-order valence-electron chi connectivity index (χ2n) is 8.43. The van der Waals surface area contributed by atoms with E-state index in [0.29, 0.717) is 29.7 Å². The first kappa shape index (κ1) is 22.2. The van der Waals surface area contributed by atoms with Gasteiger partial charge in [-0.15, -0.1) is 0 Å². The lowest BCUT2D eigenvalue weighted by atomic mass is 9.86. The molecular formula is C24H43N. The van der Waals surface area contributed by atoms with Crippen LogP contribution in [0.3, 0.4) is 0 Å². The summed E-state index contributed by atoms with van der Waals surface area (Å²) >= 11 is 0. The van der Waals surface area contributed by atoms with Crippen LogP contribution in [0.1, 0.15) is 81.1 Å². The molecule has 0 aromatic heterocycles. The first-order chi connectivity index (χ1) is 11.8. The van der Waals surface area contributed by atoms with Gasteiger partial charge in [0.25, 0.3) is 0 Å². The van der Waals surface area contributed by atoms with E-state index in [1.54, 1.807) is 22.3 Å². The van der Waals surface area contributed by atoms with E-state index in [9.17, 15) is 0 Å². The Morgan fingerprint density at radius 1 is 1.16 bits per heavy atom. The van der Waals surface area contributed by atoms with E-state index < -0.39 is 0 Å². The molecule has 0 amide bonds. The van der Waals surface area contributed by atoms with Gasteiger partial charge in [0.05, 0.1) is 0 Å². The molecule has 1 N–H and O–H groups in total. The zero-order chi connectivity index (χ0) is 19.1. The molecule has 1 rings (SSSR count). The third-order valence-electron chi connectivity index (χ3n) is 6.12. The topological polar surface area (TPSA) is 12.0 Å². The van der Waals surface area contributed by atoms with Crippen LogP contribution in [0.5, 0.6) is 0 Å². The molecule has 144 valence electrons. The number of hydrogen-bond acceptors (Lipinski definition) is 1. The third kappa shape index (κ3) is 5.84. The van der Waals surface area contributed by atoms with Crippen LogP contribution >= 0.6 is 0 Å². The molecule has 0 heterocycles. The summed E-state index contributed by atoms with van der Waals surface area (Å²) in [6, 6.07) is 0.558. The van der Waals surface area contributed by atoms with E-state index in [-0.39, 0.29) is 0 Å². The zero-order valence-electron chi connectivity index (χ0n) is 18.4. The van der Waals surface area contributed by atoms with Crippen molar-refractivity contribution in [2.24, 2.45) is 23.7 Å². The Morgan fingerprint density at radius 3 is 2.28 bits per heavy atom. The van der Waals surface area contributed by atoms with Gasteiger partial charge in [-0.3, -0.25) is 0 Å². The first-order valence-electron chi connectivity index (χ1n) is 10.6. The molecular weight excluding hydrogens is 302 g/mol.